The lowest BCUT2D eigenvalue weighted by Gasteiger charge is -2.00. The minimum absolute atomic E-state index is 0.341. The van der Waals surface area contributed by atoms with Crippen molar-refractivity contribution in [3.8, 4) is 5.69 Å². The van der Waals surface area contributed by atoms with Crippen LogP contribution in [-0.2, 0) is 0 Å². The summed E-state index contributed by atoms with van der Waals surface area (Å²) in [5.41, 5.74) is 0.341. The van der Waals surface area contributed by atoms with Gasteiger partial charge in [-0.25, -0.2) is 4.39 Å². The molecule has 0 aliphatic heterocycles. The first kappa shape index (κ1) is 8.37. The molecule has 0 saturated heterocycles. The van der Waals surface area contributed by atoms with E-state index in [-0.39, 0.29) is 5.82 Å². The number of benzene rings is 1. The molecule has 0 aliphatic rings. The molecule has 13 heavy (non-hydrogen) atoms. The van der Waals surface area contributed by atoms with Gasteiger partial charge in [-0.05, 0) is 18.2 Å². The highest BCUT2D eigenvalue weighted by Gasteiger charge is 2.05. The zero-order valence-corrected chi connectivity index (χ0v) is 8.07. The van der Waals surface area contributed by atoms with Crippen LogP contribution in [0.4, 0.5) is 4.39 Å². The Hall–Kier alpha value is -1.23. The fourth-order valence-corrected chi connectivity index (χ4v) is 1.32. The van der Waals surface area contributed by atoms with Crippen molar-refractivity contribution in [1.82, 2.24) is 15.0 Å². The minimum Gasteiger partial charge on any atom is -0.205 e. The number of halogens is 2. The molecule has 2 rings (SSSR count). The van der Waals surface area contributed by atoms with Gasteiger partial charge in [0.05, 0.1) is 12.4 Å². The fourth-order valence-electron chi connectivity index (χ4n) is 0.984. The molecule has 0 unspecified atom stereocenters. The monoisotopic (exact) mass is 241 g/mol. The number of aromatic nitrogens is 3. The smallest absolute Gasteiger partial charge is 0.151 e. The average molecular weight is 242 g/mol. The summed E-state index contributed by atoms with van der Waals surface area (Å²) in [7, 11) is 0. The molecule has 0 N–H and O–H groups in total. The van der Waals surface area contributed by atoms with Gasteiger partial charge >= 0.3 is 0 Å². The molecule has 0 aliphatic carbocycles. The SMILES string of the molecule is Fc1cc(Br)ccc1-n1nccn1. The Kier molecular flexibility index (Phi) is 2.10. The minimum atomic E-state index is -0.356. The summed E-state index contributed by atoms with van der Waals surface area (Å²) in [6.45, 7) is 0. The Morgan fingerprint density at radius 1 is 1.23 bits per heavy atom. The van der Waals surface area contributed by atoms with Crippen LogP contribution >= 0.6 is 15.9 Å². The first-order valence-corrected chi connectivity index (χ1v) is 4.38. The lowest BCUT2D eigenvalue weighted by atomic mass is 10.3. The Labute approximate surface area is 82.3 Å². The fraction of sp³-hybridized carbons (Fsp3) is 0. The van der Waals surface area contributed by atoms with E-state index in [2.05, 4.69) is 26.1 Å². The summed E-state index contributed by atoms with van der Waals surface area (Å²) < 4.78 is 14.0. The molecule has 1 heterocycles. The maximum Gasteiger partial charge on any atom is 0.151 e. The highest BCUT2D eigenvalue weighted by molar-refractivity contribution is 9.10. The van der Waals surface area contributed by atoms with Crippen molar-refractivity contribution in [2.75, 3.05) is 0 Å². The first-order valence-electron chi connectivity index (χ1n) is 3.59. The van der Waals surface area contributed by atoms with E-state index < -0.39 is 0 Å². The van der Waals surface area contributed by atoms with E-state index in [0.29, 0.717) is 10.2 Å². The molecule has 0 fully saturated rings. The topological polar surface area (TPSA) is 30.7 Å². The Morgan fingerprint density at radius 3 is 2.54 bits per heavy atom. The molecule has 0 radical (unpaired) electrons. The van der Waals surface area contributed by atoms with Crippen molar-refractivity contribution >= 4 is 15.9 Å². The van der Waals surface area contributed by atoms with Gasteiger partial charge in [0.25, 0.3) is 0 Å². The summed E-state index contributed by atoms with van der Waals surface area (Å²) >= 11 is 3.17. The van der Waals surface area contributed by atoms with Gasteiger partial charge in [-0.15, -0.1) is 4.80 Å². The van der Waals surface area contributed by atoms with Gasteiger partial charge in [0.2, 0.25) is 0 Å². The zero-order chi connectivity index (χ0) is 9.26. The largest absolute Gasteiger partial charge is 0.205 e. The molecule has 0 atom stereocenters. The van der Waals surface area contributed by atoms with Gasteiger partial charge in [0.15, 0.2) is 5.82 Å². The van der Waals surface area contributed by atoms with E-state index in [1.807, 2.05) is 0 Å². The van der Waals surface area contributed by atoms with Crippen LogP contribution in [0.5, 0.6) is 0 Å². The maximum absolute atomic E-state index is 13.3. The second-order valence-electron chi connectivity index (χ2n) is 2.41. The van der Waals surface area contributed by atoms with Crippen molar-refractivity contribution in [2.24, 2.45) is 0 Å². The van der Waals surface area contributed by atoms with Gasteiger partial charge in [-0.2, -0.15) is 10.2 Å². The van der Waals surface area contributed by atoms with Crippen LogP contribution < -0.4 is 0 Å². The van der Waals surface area contributed by atoms with Gasteiger partial charge in [-0.1, -0.05) is 15.9 Å². The molecule has 2 aromatic rings. The first-order chi connectivity index (χ1) is 6.27. The van der Waals surface area contributed by atoms with Crippen molar-refractivity contribution in [1.29, 1.82) is 0 Å². The number of nitrogens with zero attached hydrogens (tertiary/aromatic N) is 3. The predicted molar refractivity (Wildman–Crippen MR) is 49.0 cm³/mol. The summed E-state index contributed by atoms with van der Waals surface area (Å²) in [4.78, 5) is 1.24. The second-order valence-corrected chi connectivity index (χ2v) is 3.33. The molecule has 0 spiro atoms. The third-order valence-corrected chi connectivity index (χ3v) is 2.04. The third-order valence-electron chi connectivity index (χ3n) is 1.54. The molecule has 0 bridgehead atoms. The van der Waals surface area contributed by atoms with Crippen LogP contribution in [-0.4, -0.2) is 15.0 Å². The van der Waals surface area contributed by atoms with Gasteiger partial charge in [0.1, 0.15) is 5.69 Å². The van der Waals surface area contributed by atoms with Gasteiger partial charge in [0, 0.05) is 4.47 Å². The van der Waals surface area contributed by atoms with Crippen molar-refractivity contribution < 1.29 is 4.39 Å². The highest BCUT2D eigenvalue weighted by atomic mass is 79.9. The lowest BCUT2D eigenvalue weighted by Crippen LogP contribution is -2.01. The molecular weight excluding hydrogens is 237 g/mol. The van der Waals surface area contributed by atoms with Crippen LogP contribution in [0.2, 0.25) is 0 Å². The average Bonchev–Trinajstić information content (AvgIpc) is 2.56. The number of hydrogen-bond acceptors (Lipinski definition) is 2. The van der Waals surface area contributed by atoms with E-state index in [1.54, 1.807) is 12.1 Å². The van der Waals surface area contributed by atoms with Gasteiger partial charge in [-0.3, -0.25) is 0 Å². The molecule has 3 nitrogen and oxygen atoms in total. The van der Waals surface area contributed by atoms with Gasteiger partial charge < -0.3 is 0 Å². The Morgan fingerprint density at radius 2 is 1.92 bits per heavy atom. The second kappa shape index (κ2) is 3.26. The summed E-state index contributed by atoms with van der Waals surface area (Å²) in [5.74, 6) is -0.356. The molecule has 1 aromatic carbocycles. The molecule has 0 saturated carbocycles. The Balaban J connectivity index is 2.53. The standard InChI is InChI=1S/C8H5BrFN3/c9-6-1-2-8(7(10)5-6)13-11-3-4-12-13/h1-5H. The van der Waals surface area contributed by atoms with Crippen molar-refractivity contribution in [2.45, 2.75) is 0 Å². The predicted octanol–water partition coefficient (Wildman–Crippen LogP) is 2.17. The molecule has 66 valence electrons. The molecule has 5 heteroatoms. The van der Waals surface area contributed by atoms with E-state index in [1.165, 1.54) is 23.3 Å². The highest BCUT2D eigenvalue weighted by Crippen LogP contribution is 2.16. The maximum atomic E-state index is 13.3. The van der Waals surface area contributed by atoms with E-state index in [0.717, 1.165) is 0 Å². The molecule has 0 amide bonds. The molecule has 1 aromatic heterocycles. The summed E-state index contributed by atoms with van der Waals surface area (Å²) in [6.07, 6.45) is 3.00. The third kappa shape index (κ3) is 1.60. The number of hydrogen-bond donors (Lipinski definition) is 0. The van der Waals surface area contributed by atoms with Crippen LogP contribution in [0.15, 0.2) is 35.1 Å². The van der Waals surface area contributed by atoms with Crippen LogP contribution in [0.1, 0.15) is 0 Å². The van der Waals surface area contributed by atoms with Crippen LogP contribution in [0.3, 0.4) is 0 Å². The van der Waals surface area contributed by atoms with Crippen LogP contribution in [0.25, 0.3) is 5.69 Å². The normalized spacial score (nSPS) is 10.3. The summed E-state index contributed by atoms with van der Waals surface area (Å²) in [5, 5.41) is 7.65. The van der Waals surface area contributed by atoms with E-state index >= 15 is 0 Å². The van der Waals surface area contributed by atoms with Crippen molar-refractivity contribution in [3.05, 3.63) is 40.9 Å². The van der Waals surface area contributed by atoms with Crippen LogP contribution in [0, 0.1) is 5.82 Å². The summed E-state index contributed by atoms with van der Waals surface area (Å²) in [6, 6.07) is 4.72. The Bertz CT molecular complexity index is 413. The van der Waals surface area contributed by atoms with E-state index in [4.69, 9.17) is 0 Å². The van der Waals surface area contributed by atoms with Crippen molar-refractivity contribution in [3.63, 3.8) is 0 Å². The quantitative estimate of drug-likeness (QED) is 0.767. The zero-order valence-electron chi connectivity index (χ0n) is 6.48. The van der Waals surface area contributed by atoms with E-state index in [9.17, 15) is 4.39 Å². The molecular formula is C8H5BrFN3. The lowest BCUT2D eigenvalue weighted by molar-refractivity contribution is 0.595. The number of rotatable bonds is 1.